The summed E-state index contributed by atoms with van der Waals surface area (Å²) in [6, 6.07) is 10.4. The van der Waals surface area contributed by atoms with Crippen LogP contribution in [0.2, 0.25) is 10.0 Å². The first kappa shape index (κ1) is 14.0. The maximum atomic E-state index is 12.1. The van der Waals surface area contributed by atoms with Gasteiger partial charge in [-0.15, -0.1) is 0 Å². The summed E-state index contributed by atoms with van der Waals surface area (Å²) in [4.78, 5) is 0.0951. The van der Waals surface area contributed by atoms with Gasteiger partial charge in [0, 0.05) is 10.7 Å². The van der Waals surface area contributed by atoms with Gasteiger partial charge in [0.25, 0.3) is 10.0 Å². The molecule has 0 amide bonds. The van der Waals surface area contributed by atoms with Gasteiger partial charge in [-0.05, 0) is 42.5 Å². The molecule has 100 valence electrons. The predicted molar refractivity (Wildman–Crippen MR) is 78.1 cm³/mol. The number of hydrogen-bond acceptors (Lipinski definition) is 3. The molecule has 0 aromatic heterocycles. The number of nitrogen functional groups attached to an aromatic ring is 1. The molecule has 0 aliphatic carbocycles. The maximum Gasteiger partial charge on any atom is 0.261 e. The van der Waals surface area contributed by atoms with E-state index in [-0.39, 0.29) is 15.6 Å². The Labute approximate surface area is 121 Å². The zero-order valence-electron chi connectivity index (χ0n) is 9.60. The van der Waals surface area contributed by atoms with Crippen molar-refractivity contribution in [2.75, 3.05) is 10.5 Å². The van der Waals surface area contributed by atoms with Crippen molar-refractivity contribution in [3.63, 3.8) is 0 Å². The molecule has 2 aromatic carbocycles. The van der Waals surface area contributed by atoms with Crippen LogP contribution >= 0.6 is 23.2 Å². The van der Waals surface area contributed by atoms with Gasteiger partial charge in [-0.3, -0.25) is 4.72 Å². The van der Waals surface area contributed by atoms with E-state index >= 15 is 0 Å². The van der Waals surface area contributed by atoms with Crippen LogP contribution in [0, 0.1) is 0 Å². The minimum atomic E-state index is -3.72. The third-order valence-electron chi connectivity index (χ3n) is 2.36. The highest BCUT2D eigenvalue weighted by molar-refractivity contribution is 7.92. The monoisotopic (exact) mass is 316 g/mol. The van der Waals surface area contributed by atoms with E-state index in [1.165, 1.54) is 36.4 Å². The molecule has 4 nitrogen and oxygen atoms in total. The van der Waals surface area contributed by atoms with Gasteiger partial charge in [0.15, 0.2) is 0 Å². The summed E-state index contributed by atoms with van der Waals surface area (Å²) in [5.41, 5.74) is 6.23. The zero-order chi connectivity index (χ0) is 14.0. The number of rotatable bonds is 3. The minimum absolute atomic E-state index is 0.0951. The van der Waals surface area contributed by atoms with Gasteiger partial charge in [0.1, 0.15) is 0 Å². The zero-order valence-corrected chi connectivity index (χ0v) is 11.9. The summed E-state index contributed by atoms with van der Waals surface area (Å²) < 4.78 is 26.6. The second-order valence-electron chi connectivity index (χ2n) is 3.80. The highest BCUT2D eigenvalue weighted by Gasteiger charge is 2.15. The molecular weight excluding hydrogens is 307 g/mol. The first-order valence-corrected chi connectivity index (χ1v) is 7.46. The van der Waals surface area contributed by atoms with E-state index in [1.54, 1.807) is 6.07 Å². The van der Waals surface area contributed by atoms with Crippen molar-refractivity contribution in [1.29, 1.82) is 0 Å². The summed E-state index contributed by atoms with van der Waals surface area (Å²) >= 11 is 11.7. The van der Waals surface area contributed by atoms with Crippen molar-refractivity contribution in [2.45, 2.75) is 4.90 Å². The number of nitrogens with one attached hydrogen (secondary N) is 1. The summed E-state index contributed by atoms with van der Waals surface area (Å²) in [6.07, 6.45) is 0. The number of anilines is 2. The van der Waals surface area contributed by atoms with E-state index in [0.717, 1.165) is 0 Å². The van der Waals surface area contributed by atoms with E-state index in [2.05, 4.69) is 4.72 Å². The summed E-state index contributed by atoms with van der Waals surface area (Å²) in [5, 5.41) is 0.655. The van der Waals surface area contributed by atoms with Crippen LogP contribution in [-0.2, 0) is 10.0 Å². The van der Waals surface area contributed by atoms with Crippen LogP contribution in [-0.4, -0.2) is 8.42 Å². The second-order valence-corrected chi connectivity index (χ2v) is 6.32. The first-order valence-electron chi connectivity index (χ1n) is 5.22. The second kappa shape index (κ2) is 5.28. The van der Waals surface area contributed by atoms with Crippen LogP contribution in [0.4, 0.5) is 11.4 Å². The van der Waals surface area contributed by atoms with E-state index in [1.807, 2.05) is 0 Å². The molecule has 0 unspecified atom stereocenters. The van der Waals surface area contributed by atoms with Gasteiger partial charge in [-0.25, -0.2) is 8.42 Å². The SMILES string of the molecule is Nc1ccc(S(=O)(=O)Nc2cc(Cl)ccc2Cl)cc1. The van der Waals surface area contributed by atoms with Crippen molar-refractivity contribution in [3.8, 4) is 0 Å². The molecule has 2 aromatic rings. The Morgan fingerprint density at radius 2 is 1.63 bits per heavy atom. The highest BCUT2D eigenvalue weighted by atomic mass is 35.5. The van der Waals surface area contributed by atoms with Gasteiger partial charge >= 0.3 is 0 Å². The van der Waals surface area contributed by atoms with E-state index in [4.69, 9.17) is 28.9 Å². The number of halogens is 2. The molecule has 7 heteroatoms. The molecule has 0 saturated carbocycles. The quantitative estimate of drug-likeness (QED) is 0.853. The first-order chi connectivity index (χ1) is 8.88. The molecule has 0 fully saturated rings. The standard InChI is InChI=1S/C12H10Cl2N2O2S/c13-8-1-6-11(14)12(7-8)16-19(17,18)10-4-2-9(15)3-5-10/h1-7,16H,15H2. The Hall–Kier alpha value is -1.43. The fourth-order valence-electron chi connectivity index (χ4n) is 1.43. The van der Waals surface area contributed by atoms with Crippen molar-refractivity contribution >= 4 is 44.6 Å². The Morgan fingerprint density at radius 3 is 2.26 bits per heavy atom. The molecule has 0 heterocycles. The van der Waals surface area contributed by atoms with Crippen molar-refractivity contribution in [2.24, 2.45) is 0 Å². The van der Waals surface area contributed by atoms with Gasteiger partial charge in [0.05, 0.1) is 15.6 Å². The normalized spacial score (nSPS) is 11.3. The van der Waals surface area contributed by atoms with Gasteiger partial charge in [-0.2, -0.15) is 0 Å². The third kappa shape index (κ3) is 3.32. The Morgan fingerprint density at radius 1 is 1.00 bits per heavy atom. The Bertz CT molecular complexity index is 700. The van der Waals surface area contributed by atoms with Crippen molar-refractivity contribution < 1.29 is 8.42 Å². The molecule has 2 rings (SSSR count). The van der Waals surface area contributed by atoms with Crippen LogP contribution in [0.15, 0.2) is 47.4 Å². The largest absolute Gasteiger partial charge is 0.399 e. The molecule has 3 N–H and O–H groups in total. The summed E-state index contributed by atoms with van der Waals surface area (Å²) in [7, 11) is -3.72. The van der Waals surface area contributed by atoms with Crippen LogP contribution in [0.25, 0.3) is 0 Å². The van der Waals surface area contributed by atoms with E-state index in [0.29, 0.717) is 10.7 Å². The predicted octanol–water partition coefficient (Wildman–Crippen LogP) is 3.38. The van der Waals surface area contributed by atoms with E-state index < -0.39 is 10.0 Å². The minimum Gasteiger partial charge on any atom is -0.399 e. The molecule has 0 bridgehead atoms. The average molecular weight is 317 g/mol. The van der Waals surface area contributed by atoms with Crippen LogP contribution in [0.1, 0.15) is 0 Å². The topological polar surface area (TPSA) is 72.2 Å². The van der Waals surface area contributed by atoms with Crippen LogP contribution in [0.5, 0.6) is 0 Å². The molecular formula is C12H10Cl2N2O2S. The lowest BCUT2D eigenvalue weighted by atomic mass is 10.3. The molecule has 0 saturated heterocycles. The Balaban J connectivity index is 2.36. The molecule has 0 radical (unpaired) electrons. The van der Waals surface area contributed by atoms with Crippen molar-refractivity contribution in [3.05, 3.63) is 52.5 Å². The maximum absolute atomic E-state index is 12.1. The summed E-state index contributed by atoms with van der Waals surface area (Å²) in [5.74, 6) is 0. The van der Waals surface area contributed by atoms with Gasteiger partial charge in [-0.1, -0.05) is 23.2 Å². The lowest BCUT2D eigenvalue weighted by molar-refractivity contribution is 0.601. The van der Waals surface area contributed by atoms with Gasteiger partial charge < -0.3 is 5.73 Å². The number of benzene rings is 2. The highest BCUT2D eigenvalue weighted by Crippen LogP contribution is 2.27. The van der Waals surface area contributed by atoms with Gasteiger partial charge in [0.2, 0.25) is 0 Å². The smallest absolute Gasteiger partial charge is 0.261 e. The molecule has 0 spiro atoms. The number of sulfonamides is 1. The summed E-state index contributed by atoms with van der Waals surface area (Å²) in [6.45, 7) is 0. The van der Waals surface area contributed by atoms with Crippen molar-refractivity contribution in [1.82, 2.24) is 0 Å². The molecule has 0 aliphatic rings. The third-order valence-corrected chi connectivity index (χ3v) is 4.31. The fraction of sp³-hybridized carbons (Fsp3) is 0. The molecule has 0 atom stereocenters. The molecule has 0 aliphatic heterocycles. The average Bonchev–Trinajstić information content (AvgIpc) is 2.34. The number of hydrogen-bond donors (Lipinski definition) is 2. The fourth-order valence-corrected chi connectivity index (χ4v) is 2.89. The number of nitrogens with two attached hydrogens (primary N) is 1. The lowest BCUT2D eigenvalue weighted by Gasteiger charge is -2.10. The van der Waals surface area contributed by atoms with Crippen LogP contribution < -0.4 is 10.5 Å². The van der Waals surface area contributed by atoms with E-state index in [9.17, 15) is 8.42 Å². The lowest BCUT2D eigenvalue weighted by Crippen LogP contribution is -2.13. The Kier molecular flexibility index (Phi) is 3.89. The van der Waals surface area contributed by atoms with Crippen LogP contribution in [0.3, 0.4) is 0 Å². The molecule has 19 heavy (non-hydrogen) atoms.